The van der Waals surface area contributed by atoms with Crippen LogP contribution in [0, 0.1) is 17.2 Å². The van der Waals surface area contributed by atoms with Crippen LogP contribution in [0.15, 0.2) is 24.3 Å². The second-order valence-electron chi connectivity index (χ2n) is 8.06. The van der Waals surface area contributed by atoms with E-state index >= 15 is 0 Å². The van der Waals surface area contributed by atoms with Crippen LogP contribution in [0.2, 0.25) is 0 Å². The number of anilines is 1. The second kappa shape index (κ2) is 6.38. The largest absolute Gasteiger partial charge is 0.353 e. The summed E-state index contributed by atoms with van der Waals surface area (Å²) in [6.45, 7) is 6.94. The van der Waals surface area contributed by atoms with Gasteiger partial charge in [-0.05, 0) is 42.2 Å². The van der Waals surface area contributed by atoms with Crippen molar-refractivity contribution in [3.8, 4) is 0 Å². The Morgan fingerprint density at radius 3 is 2.77 bits per heavy atom. The summed E-state index contributed by atoms with van der Waals surface area (Å²) in [5, 5.41) is 7.18. The van der Waals surface area contributed by atoms with Crippen LogP contribution in [-0.2, 0) is 12.8 Å². The number of hydrogen-bond donors (Lipinski definition) is 2. The zero-order valence-corrected chi connectivity index (χ0v) is 16.3. The minimum Gasteiger partial charge on any atom is -0.353 e. The first-order valence-electron chi connectivity index (χ1n) is 9.37. The topological polar surface area (TPSA) is 41.1 Å². The van der Waals surface area contributed by atoms with Crippen LogP contribution in [0.5, 0.6) is 0 Å². The Balaban J connectivity index is 1.65. The molecule has 1 aliphatic carbocycles. The van der Waals surface area contributed by atoms with E-state index in [9.17, 15) is 9.18 Å². The minimum atomic E-state index is -0.515. The number of nitrogens with one attached hydrogen (secondary N) is 2. The summed E-state index contributed by atoms with van der Waals surface area (Å²) in [4.78, 5) is 14.1. The molecule has 5 heteroatoms. The van der Waals surface area contributed by atoms with Crippen LogP contribution in [0.25, 0.3) is 0 Å². The Hall–Kier alpha value is -1.88. The molecule has 26 heavy (non-hydrogen) atoms. The first-order chi connectivity index (χ1) is 12.4. The standard InChI is InChI=1S/C21H25FN2OS/c1-4-21(2,3)12-9-10-14-16(11-12)26-20-17(14)19(25)23-18(24-20)13-7-5-6-8-15(13)22/h5-8,12,18,24H,4,9-11H2,1-3H3,(H,23,25)/t12-,18+/m1/s1. The normalized spacial score (nSPS) is 22.2. The van der Waals surface area contributed by atoms with E-state index in [1.165, 1.54) is 16.5 Å². The Bertz CT molecular complexity index is 858. The highest BCUT2D eigenvalue weighted by Crippen LogP contribution is 2.47. The lowest BCUT2D eigenvalue weighted by Gasteiger charge is -2.36. The highest BCUT2D eigenvalue weighted by Gasteiger charge is 2.37. The molecule has 2 heterocycles. The van der Waals surface area contributed by atoms with Gasteiger partial charge in [0, 0.05) is 10.4 Å². The van der Waals surface area contributed by atoms with E-state index in [-0.39, 0.29) is 11.7 Å². The van der Waals surface area contributed by atoms with E-state index in [0.717, 1.165) is 36.2 Å². The number of amides is 1. The third-order valence-electron chi connectivity index (χ3n) is 6.28. The van der Waals surface area contributed by atoms with Crippen molar-refractivity contribution in [2.24, 2.45) is 11.3 Å². The lowest BCUT2D eigenvalue weighted by Crippen LogP contribution is -2.39. The van der Waals surface area contributed by atoms with E-state index in [2.05, 4.69) is 31.4 Å². The van der Waals surface area contributed by atoms with Crippen molar-refractivity contribution in [3.05, 3.63) is 51.7 Å². The molecule has 0 saturated carbocycles. The molecular formula is C21H25FN2OS. The summed E-state index contributed by atoms with van der Waals surface area (Å²) in [5.41, 5.74) is 2.77. The van der Waals surface area contributed by atoms with Gasteiger partial charge in [-0.25, -0.2) is 4.39 Å². The Labute approximate surface area is 158 Å². The summed E-state index contributed by atoms with van der Waals surface area (Å²) in [5.74, 6) is 0.253. The predicted octanol–water partition coefficient (Wildman–Crippen LogP) is 5.28. The molecule has 1 aromatic carbocycles. The van der Waals surface area contributed by atoms with Crippen LogP contribution < -0.4 is 10.6 Å². The molecule has 2 atom stereocenters. The molecule has 0 radical (unpaired) electrons. The lowest BCUT2D eigenvalue weighted by atomic mass is 9.69. The molecule has 0 fully saturated rings. The molecule has 1 aliphatic heterocycles. The van der Waals surface area contributed by atoms with Gasteiger partial charge < -0.3 is 10.6 Å². The van der Waals surface area contributed by atoms with Gasteiger partial charge in [-0.15, -0.1) is 11.3 Å². The molecule has 2 aromatic rings. The van der Waals surface area contributed by atoms with E-state index in [1.54, 1.807) is 29.5 Å². The molecule has 0 bridgehead atoms. The van der Waals surface area contributed by atoms with Crippen molar-refractivity contribution in [2.75, 3.05) is 5.32 Å². The number of halogens is 1. The van der Waals surface area contributed by atoms with Gasteiger partial charge in [-0.3, -0.25) is 4.79 Å². The fourth-order valence-electron chi connectivity index (χ4n) is 4.12. The number of carbonyl (C=O) groups is 1. The summed E-state index contributed by atoms with van der Waals surface area (Å²) in [6, 6.07) is 6.59. The molecular weight excluding hydrogens is 347 g/mol. The van der Waals surface area contributed by atoms with Gasteiger partial charge in [-0.2, -0.15) is 0 Å². The highest BCUT2D eigenvalue weighted by atomic mass is 32.1. The molecule has 2 aliphatic rings. The van der Waals surface area contributed by atoms with Crippen LogP contribution in [-0.4, -0.2) is 5.91 Å². The number of thiophene rings is 1. The number of hydrogen-bond acceptors (Lipinski definition) is 3. The van der Waals surface area contributed by atoms with Gasteiger partial charge in [0.1, 0.15) is 17.0 Å². The Kier molecular flexibility index (Phi) is 4.30. The SMILES string of the molecule is CCC(C)(C)[C@@H]1CCc2c(sc3c2C(=O)N[C@H](c2ccccc2F)N3)C1. The van der Waals surface area contributed by atoms with Crippen LogP contribution in [0.3, 0.4) is 0 Å². The van der Waals surface area contributed by atoms with E-state index in [4.69, 9.17) is 0 Å². The molecule has 0 saturated heterocycles. The smallest absolute Gasteiger partial charge is 0.256 e. The molecule has 2 N–H and O–H groups in total. The summed E-state index contributed by atoms with van der Waals surface area (Å²) >= 11 is 1.68. The molecule has 0 unspecified atom stereocenters. The summed E-state index contributed by atoms with van der Waals surface area (Å²) in [6.07, 6.45) is 3.76. The van der Waals surface area contributed by atoms with Gasteiger partial charge >= 0.3 is 0 Å². The van der Waals surface area contributed by atoms with Crippen LogP contribution in [0.4, 0.5) is 9.39 Å². The molecule has 3 nitrogen and oxygen atoms in total. The van der Waals surface area contributed by atoms with Crippen molar-refractivity contribution in [1.29, 1.82) is 0 Å². The van der Waals surface area contributed by atoms with Gasteiger partial charge in [-0.1, -0.05) is 45.4 Å². The monoisotopic (exact) mass is 372 g/mol. The van der Waals surface area contributed by atoms with Gasteiger partial charge in [0.15, 0.2) is 0 Å². The first kappa shape index (κ1) is 17.5. The third-order valence-corrected chi connectivity index (χ3v) is 7.46. The number of carbonyl (C=O) groups excluding carboxylic acids is 1. The maximum absolute atomic E-state index is 14.1. The maximum Gasteiger partial charge on any atom is 0.256 e. The average Bonchev–Trinajstić information content (AvgIpc) is 3.00. The van der Waals surface area contributed by atoms with E-state index in [0.29, 0.717) is 16.9 Å². The van der Waals surface area contributed by atoms with Crippen molar-refractivity contribution < 1.29 is 9.18 Å². The quantitative estimate of drug-likeness (QED) is 0.769. The fraction of sp³-hybridized carbons (Fsp3) is 0.476. The number of fused-ring (bicyclic) bond motifs is 3. The van der Waals surface area contributed by atoms with Gasteiger partial charge in [0.2, 0.25) is 0 Å². The van der Waals surface area contributed by atoms with Crippen molar-refractivity contribution in [3.63, 3.8) is 0 Å². The zero-order valence-electron chi connectivity index (χ0n) is 15.5. The van der Waals surface area contributed by atoms with Crippen molar-refractivity contribution >= 4 is 22.2 Å². The number of rotatable bonds is 3. The summed E-state index contributed by atoms with van der Waals surface area (Å²) in [7, 11) is 0. The predicted molar refractivity (Wildman–Crippen MR) is 104 cm³/mol. The summed E-state index contributed by atoms with van der Waals surface area (Å²) < 4.78 is 14.1. The first-order valence-corrected chi connectivity index (χ1v) is 10.2. The van der Waals surface area contributed by atoms with E-state index < -0.39 is 6.17 Å². The van der Waals surface area contributed by atoms with Gasteiger partial charge in [0.25, 0.3) is 5.91 Å². The maximum atomic E-state index is 14.1. The Morgan fingerprint density at radius 1 is 1.27 bits per heavy atom. The second-order valence-corrected chi connectivity index (χ2v) is 9.17. The highest BCUT2D eigenvalue weighted by molar-refractivity contribution is 7.16. The molecule has 0 spiro atoms. The molecule has 1 aromatic heterocycles. The van der Waals surface area contributed by atoms with Gasteiger partial charge in [0.05, 0.1) is 5.56 Å². The molecule has 138 valence electrons. The third kappa shape index (κ3) is 2.82. The fourth-order valence-corrected chi connectivity index (χ4v) is 5.47. The Morgan fingerprint density at radius 2 is 2.04 bits per heavy atom. The average molecular weight is 373 g/mol. The minimum absolute atomic E-state index is 0.0855. The van der Waals surface area contributed by atoms with Crippen LogP contribution in [0.1, 0.15) is 66.1 Å². The van der Waals surface area contributed by atoms with E-state index in [1.807, 2.05) is 0 Å². The van der Waals surface area contributed by atoms with Crippen molar-refractivity contribution in [2.45, 2.75) is 52.6 Å². The lowest BCUT2D eigenvalue weighted by molar-refractivity contribution is 0.0934. The number of benzene rings is 1. The van der Waals surface area contributed by atoms with Crippen LogP contribution >= 0.6 is 11.3 Å². The zero-order chi connectivity index (χ0) is 18.5. The molecule has 1 amide bonds. The van der Waals surface area contributed by atoms with Crippen molar-refractivity contribution in [1.82, 2.24) is 5.32 Å². The molecule has 4 rings (SSSR count).